The molecule has 3 aromatic rings. The Hall–Kier alpha value is -2.14. The van der Waals surface area contributed by atoms with E-state index in [0.717, 1.165) is 24.3 Å². The van der Waals surface area contributed by atoms with Crippen LogP contribution in [0.3, 0.4) is 0 Å². The van der Waals surface area contributed by atoms with Gasteiger partial charge in [0.25, 0.3) is 0 Å². The van der Waals surface area contributed by atoms with Crippen LogP contribution in [0.1, 0.15) is 16.8 Å². The van der Waals surface area contributed by atoms with Gasteiger partial charge < -0.3 is 9.88 Å². The third-order valence-electron chi connectivity index (χ3n) is 3.02. The Labute approximate surface area is 122 Å². The van der Waals surface area contributed by atoms with Crippen molar-refractivity contribution in [1.82, 2.24) is 14.5 Å². The van der Waals surface area contributed by atoms with E-state index in [0.29, 0.717) is 0 Å². The molecular formula is C15H16N4S. The van der Waals surface area contributed by atoms with Crippen molar-refractivity contribution >= 4 is 17.0 Å². The second kappa shape index (κ2) is 5.88. The highest BCUT2D eigenvalue weighted by Crippen LogP contribution is 2.18. The molecule has 0 amide bonds. The molecule has 0 aliphatic heterocycles. The molecule has 2 aromatic heterocycles. The van der Waals surface area contributed by atoms with Gasteiger partial charge in [0.05, 0.1) is 17.9 Å². The lowest BCUT2D eigenvalue weighted by Crippen LogP contribution is -1.98. The van der Waals surface area contributed by atoms with Crippen molar-refractivity contribution in [3.8, 4) is 5.69 Å². The molecule has 2 heterocycles. The standard InChI is InChI=1S/C15H16N4S/c1-2-15-18-10-14(20-15)9-17-12-4-3-5-13(8-12)19-7-6-16-11-19/h3-8,10-11,17H,2,9H2,1H3. The zero-order chi connectivity index (χ0) is 13.8. The summed E-state index contributed by atoms with van der Waals surface area (Å²) in [6, 6.07) is 8.29. The molecule has 3 rings (SSSR count). The zero-order valence-electron chi connectivity index (χ0n) is 11.3. The normalized spacial score (nSPS) is 10.7. The van der Waals surface area contributed by atoms with E-state index < -0.39 is 0 Å². The number of aryl methyl sites for hydroxylation is 1. The fourth-order valence-electron chi connectivity index (χ4n) is 1.97. The van der Waals surface area contributed by atoms with Gasteiger partial charge >= 0.3 is 0 Å². The molecule has 102 valence electrons. The first kappa shape index (κ1) is 12.9. The molecule has 0 saturated heterocycles. The lowest BCUT2D eigenvalue weighted by Gasteiger charge is -2.07. The zero-order valence-corrected chi connectivity index (χ0v) is 12.1. The van der Waals surface area contributed by atoms with Crippen LogP contribution in [-0.2, 0) is 13.0 Å². The molecular weight excluding hydrogens is 268 g/mol. The average molecular weight is 284 g/mol. The van der Waals surface area contributed by atoms with Crippen LogP contribution in [0.4, 0.5) is 5.69 Å². The van der Waals surface area contributed by atoms with Crippen LogP contribution in [0.2, 0.25) is 0 Å². The van der Waals surface area contributed by atoms with E-state index in [1.165, 1.54) is 9.88 Å². The quantitative estimate of drug-likeness (QED) is 0.779. The van der Waals surface area contributed by atoms with Crippen molar-refractivity contribution < 1.29 is 0 Å². The number of aromatic nitrogens is 3. The Balaban J connectivity index is 1.70. The smallest absolute Gasteiger partial charge is 0.0991 e. The van der Waals surface area contributed by atoms with E-state index in [-0.39, 0.29) is 0 Å². The third kappa shape index (κ3) is 2.88. The maximum Gasteiger partial charge on any atom is 0.0991 e. The van der Waals surface area contributed by atoms with Gasteiger partial charge in [-0.15, -0.1) is 11.3 Å². The molecule has 0 bridgehead atoms. The van der Waals surface area contributed by atoms with Crippen molar-refractivity contribution in [3.63, 3.8) is 0 Å². The topological polar surface area (TPSA) is 42.7 Å². The summed E-state index contributed by atoms with van der Waals surface area (Å²) in [7, 11) is 0. The second-order valence-electron chi connectivity index (χ2n) is 4.45. The van der Waals surface area contributed by atoms with Crippen LogP contribution < -0.4 is 5.32 Å². The van der Waals surface area contributed by atoms with E-state index >= 15 is 0 Å². The SMILES string of the molecule is CCc1ncc(CNc2cccc(-n3ccnc3)c2)s1. The Morgan fingerprint density at radius 1 is 1.35 bits per heavy atom. The van der Waals surface area contributed by atoms with Crippen LogP contribution >= 0.6 is 11.3 Å². The maximum absolute atomic E-state index is 4.37. The number of hydrogen-bond donors (Lipinski definition) is 1. The highest BCUT2D eigenvalue weighted by atomic mass is 32.1. The van der Waals surface area contributed by atoms with Gasteiger partial charge in [-0.1, -0.05) is 13.0 Å². The molecule has 0 aliphatic rings. The molecule has 20 heavy (non-hydrogen) atoms. The molecule has 0 aliphatic carbocycles. The summed E-state index contributed by atoms with van der Waals surface area (Å²) in [5.74, 6) is 0. The lowest BCUT2D eigenvalue weighted by molar-refractivity contribution is 1.05. The predicted octanol–water partition coefficient (Wildman–Crippen LogP) is 3.50. The Morgan fingerprint density at radius 3 is 3.05 bits per heavy atom. The van der Waals surface area contributed by atoms with Crippen molar-refractivity contribution in [1.29, 1.82) is 0 Å². The minimum absolute atomic E-state index is 0.811. The molecule has 0 saturated carbocycles. The predicted molar refractivity (Wildman–Crippen MR) is 82.4 cm³/mol. The number of nitrogens with one attached hydrogen (secondary N) is 1. The number of imidazole rings is 1. The number of anilines is 1. The van der Waals surface area contributed by atoms with Crippen LogP contribution in [-0.4, -0.2) is 14.5 Å². The summed E-state index contributed by atoms with van der Waals surface area (Å²) in [4.78, 5) is 9.70. The molecule has 0 fully saturated rings. The molecule has 1 aromatic carbocycles. The Kier molecular flexibility index (Phi) is 3.78. The summed E-state index contributed by atoms with van der Waals surface area (Å²) in [6.07, 6.45) is 8.48. The van der Waals surface area contributed by atoms with Gasteiger partial charge in [0.15, 0.2) is 0 Å². The lowest BCUT2D eigenvalue weighted by atomic mass is 10.2. The molecule has 4 nitrogen and oxygen atoms in total. The van der Waals surface area contributed by atoms with Gasteiger partial charge in [-0.25, -0.2) is 9.97 Å². The van der Waals surface area contributed by atoms with Crippen molar-refractivity contribution in [2.75, 3.05) is 5.32 Å². The van der Waals surface area contributed by atoms with Gasteiger partial charge in [-0.05, 0) is 24.6 Å². The van der Waals surface area contributed by atoms with Gasteiger partial charge in [0.2, 0.25) is 0 Å². The average Bonchev–Trinajstić information content (AvgIpc) is 3.17. The van der Waals surface area contributed by atoms with E-state index in [2.05, 4.69) is 40.4 Å². The molecule has 0 unspecified atom stereocenters. The summed E-state index contributed by atoms with van der Waals surface area (Å²) >= 11 is 1.77. The van der Waals surface area contributed by atoms with Crippen LogP contribution in [0.25, 0.3) is 5.69 Å². The molecule has 0 radical (unpaired) electrons. The summed E-state index contributed by atoms with van der Waals surface area (Å²) in [6.45, 7) is 2.94. The summed E-state index contributed by atoms with van der Waals surface area (Å²) in [5.41, 5.74) is 2.20. The van der Waals surface area contributed by atoms with Crippen molar-refractivity contribution in [3.05, 3.63) is 59.1 Å². The summed E-state index contributed by atoms with van der Waals surface area (Å²) in [5, 5.41) is 4.63. The monoisotopic (exact) mass is 284 g/mol. The van der Waals surface area contributed by atoms with Crippen LogP contribution in [0, 0.1) is 0 Å². The number of benzene rings is 1. The van der Waals surface area contributed by atoms with Crippen LogP contribution in [0.15, 0.2) is 49.2 Å². The Bertz CT molecular complexity index is 673. The van der Waals surface area contributed by atoms with Gasteiger partial charge in [-0.3, -0.25) is 0 Å². The molecule has 0 spiro atoms. The Morgan fingerprint density at radius 2 is 2.30 bits per heavy atom. The summed E-state index contributed by atoms with van der Waals surface area (Å²) < 4.78 is 1.99. The van der Waals surface area contributed by atoms with E-state index in [4.69, 9.17) is 0 Å². The number of hydrogen-bond acceptors (Lipinski definition) is 4. The van der Waals surface area contributed by atoms with Crippen LogP contribution in [0.5, 0.6) is 0 Å². The first-order chi connectivity index (χ1) is 9.85. The maximum atomic E-state index is 4.37. The van der Waals surface area contributed by atoms with Gasteiger partial charge in [0.1, 0.15) is 0 Å². The minimum Gasteiger partial charge on any atom is -0.380 e. The highest BCUT2D eigenvalue weighted by Gasteiger charge is 2.01. The largest absolute Gasteiger partial charge is 0.380 e. The van der Waals surface area contributed by atoms with E-state index in [1.807, 2.05) is 23.0 Å². The molecule has 1 N–H and O–H groups in total. The minimum atomic E-state index is 0.811. The van der Waals surface area contributed by atoms with Crippen molar-refractivity contribution in [2.45, 2.75) is 19.9 Å². The second-order valence-corrected chi connectivity index (χ2v) is 5.65. The highest BCUT2D eigenvalue weighted by molar-refractivity contribution is 7.11. The first-order valence-electron chi connectivity index (χ1n) is 6.61. The van der Waals surface area contributed by atoms with E-state index in [9.17, 15) is 0 Å². The number of thiazole rings is 1. The van der Waals surface area contributed by atoms with E-state index in [1.54, 1.807) is 23.9 Å². The number of nitrogens with zero attached hydrogens (tertiary/aromatic N) is 3. The number of rotatable bonds is 5. The van der Waals surface area contributed by atoms with Gasteiger partial charge in [-0.2, -0.15) is 0 Å². The third-order valence-corrected chi connectivity index (χ3v) is 4.16. The molecule has 0 atom stereocenters. The first-order valence-corrected chi connectivity index (χ1v) is 7.42. The van der Waals surface area contributed by atoms with Crippen molar-refractivity contribution in [2.24, 2.45) is 0 Å². The van der Waals surface area contributed by atoms with Gasteiger partial charge in [0, 0.05) is 34.8 Å². The fraction of sp³-hybridized carbons (Fsp3) is 0.200. The molecule has 5 heteroatoms. The fourth-order valence-corrected chi connectivity index (χ4v) is 2.77.